The Bertz CT molecular complexity index is 490. The molecule has 0 amide bonds. The minimum absolute atomic E-state index is 0.111. The molecule has 0 spiro atoms. The lowest BCUT2D eigenvalue weighted by Crippen LogP contribution is -2.02. The number of nitrogen functional groups attached to an aromatic ring is 1. The Labute approximate surface area is 90.9 Å². The largest absolute Gasteiger partial charge is 0.397 e. The zero-order valence-electron chi connectivity index (χ0n) is 8.10. The summed E-state index contributed by atoms with van der Waals surface area (Å²) in [6.07, 6.45) is 1.47. The highest BCUT2D eigenvalue weighted by Gasteiger charge is 2.12. The lowest BCUT2D eigenvalue weighted by atomic mass is 10.2. The Hall–Kier alpha value is -1.75. The molecule has 0 saturated heterocycles. The van der Waals surface area contributed by atoms with Gasteiger partial charge in [0.1, 0.15) is 5.69 Å². The van der Waals surface area contributed by atoms with E-state index >= 15 is 0 Å². The van der Waals surface area contributed by atoms with Crippen LogP contribution in [0, 0.1) is 6.92 Å². The molecule has 0 unspecified atom stereocenters. The van der Waals surface area contributed by atoms with Crippen molar-refractivity contribution in [1.82, 2.24) is 9.36 Å². The van der Waals surface area contributed by atoms with Crippen molar-refractivity contribution in [2.24, 2.45) is 0 Å². The van der Waals surface area contributed by atoms with E-state index in [9.17, 15) is 4.79 Å². The van der Waals surface area contributed by atoms with Crippen LogP contribution in [0.2, 0.25) is 0 Å². The SMILES string of the molecule is Cc1cc(C(=O)c2ccc(N)cn2)sn1. The molecule has 0 aliphatic rings. The van der Waals surface area contributed by atoms with Gasteiger partial charge in [0, 0.05) is 0 Å². The Balaban J connectivity index is 2.32. The van der Waals surface area contributed by atoms with Crippen LogP contribution in [0.5, 0.6) is 0 Å². The van der Waals surface area contributed by atoms with Crippen molar-refractivity contribution in [3.8, 4) is 0 Å². The summed E-state index contributed by atoms with van der Waals surface area (Å²) >= 11 is 1.19. The third-order valence-electron chi connectivity index (χ3n) is 1.87. The minimum atomic E-state index is -0.111. The molecule has 4 nitrogen and oxygen atoms in total. The molecule has 0 aliphatic carbocycles. The monoisotopic (exact) mass is 219 g/mol. The van der Waals surface area contributed by atoms with Gasteiger partial charge in [-0.15, -0.1) is 0 Å². The molecule has 0 atom stereocenters. The van der Waals surface area contributed by atoms with E-state index in [2.05, 4.69) is 9.36 Å². The van der Waals surface area contributed by atoms with Crippen LogP contribution >= 0.6 is 11.5 Å². The molecule has 0 aliphatic heterocycles. The highest BCUT2D eigenvalue weighted by molar-refractivity contribution is 7.08. The van der Waals surface area contributed by atoms with Gasteiger partial charge in [0.05, 0.1) is 22.5 Å². The molecular formula is C10H9N3OS. The highest BCUT2D eigenvalue weighted by atomic mass is 32.1. The van der Waals surface area contributed by atoms with Crippen molar-refractivity contribution in [2.45, 2.75) is 6.92 Å². The molecule has 2 aromatic rings. The normalized spacial score (nSPS) is 10.2. The van der Waals surface area contributed by atoms with E-state index in [4.69, 9.17) is 5.73 Å². The minimum Gasteiger partial charge on any atom is -0.397 e. The number of rotatable bonds is 2. The van der Waals surface area contributed by atoms with E-state index in [0.717, 1.165) is 5.69 Å². The first-order chi connectivity index (χ1) is 7.16. The van der Waals surface area contributed by atoms with Crippen molar-refractivity contribution in [3.05, 3.63) is 40.7 Å². The Morgan fingerprint density at radius 2 is 2.27 bits per heavy atom. The predicted octanol–water partition coefficient (Wildman–Crippen LogP) is 1.66. The van der Waals surface area contributed by atoms with Crippen molar-refractivity contribution in [1.29, 1.82) is 0 Å². The molecule has 2 rings (SSSR count). The summed E-state index contributed by atoms with van der Waals surface area (Å²) in [6, 6.07) is 5.03. The third-order valence-corrected chi connectivity index (χ3v) is 2.75. The number of ketones is 1. The van der Waals surface area contributed by atoms with Gasteiger partial charge < -0.3 is 5.73 Å². The smallest absolute Gasteiger partial charge is 0.222 e. The Kier molecular flexibility index (Phi) is 2.47. The maximum atomic E-state index is 11.8. The number of hydrogen-bond donors (Lipinski definition) is 1. The van der Waals surface area contributed by atoms with E-state index in [1.54, 1.807) is 18.2 Å². The second-order valence-corrected chi connectivity index (χ2v) is 3.94. The van der Waals surface area contributed by atoms with Crippen LogP contribution in [0.15, 0.2) is 24.4 Å². The highest BCUT2D eigenvalue weighted by Crippen LogP contribution is 2.14. The van der Waals surface area contributed by atoms with E-state index in [1.165, 1.54) is 17.7 Å². The van der Waals surface area contributed by atoms with Gasteiger partial charge >= 0.3 is 0 Å². The van der Waals surface area contributed by atoms with Gasteiger partial charge in [-0.3, -0.25) is 9.78 Å². The van der Waals surface area contributed by atoms with Gasteiger partial charge in [-0.2, -0.15) is 4.37 Å². The van der Waals surface area contributed by atoms with Crippen molar-refractivity contribution < 1.29 is 4.79 Å². The number of aryl methyl sites for hydroxylation is 1. The number of nitrogens with zero attached hydrogens (tertiary/aromatic N) is 2. The summed E-state index contributed by atoms with van der Waals surface area (Å²) in [7, 11) is 0. The molecule has 5 heteroatoms. The van der Waals surface area contributed by atoms with Crippen LogP contribution in [0.25, 0.3) is 0 Å². The molecule has 0 saturated carbocycles. The van der Waals surface area contributed by atoms with E-state index in [0.29, 0.717) is 16.3 Å². The second-order valence-electron chi connectivity index (χ2n) is 3.14. The maximum Gasteiger partial charge on any atom is 0.222 e. The third kappa shape index (κ3) is 2.02. The molecule has 2 aromatic heterocycles. The van der Waals surface area contributed by atoms with Crippen LogP contribution in [-0.4, -0.2) is 15.1 Å². The van der Waals surface area contributed by atoms with Gasteiger partial charge in [-0.05, 0) is 36.7 Å². The first kappa shape index (κ1) is 9.79. The van der Waals surface area contributed by atoms with Crippen molar-refractivity contribution >= 4 is 23.0 Å². The van der Waals surface area contributed by atoms with Gasteiger partial charge in [0.2, 0.25) is 5.78 Å². The summed E-state index contributed by atoms with van der Waals surface area (Å²) in [5.41, 5.74) is 7.28. The summed E-state index contributed by atoms with van der Waals surface area (Å²) in [6.45, 7) is 1.85. The summed E-state index contributed by atoms with van der Waals surface area (Å²) in [5.74, 6) is -0.111. The van der Waals surface area contributed by atoms with E-state index in [1.807, 2.05) is 6.92 Å². The summed E-state index contributed by atoms with van der Waals surface area (Å²) < 4.78 is 4.05. The van der Waals surface area contributed by atoms with Gasteiger partial charge in [0.25, 0.3) is 0 Å². The fourth-order valence-electron chi connectivity index (χ4n) is 1.14. The Morgan fingerprint density at radius 1 is 1.47 bits per heavy atom. The van der Waals surface area contributed by atoms with Crippen LogP contribution in [-0.2, 0) is 0 Å². The topological polar surface area (TPSA) is 68.9 Å². The zero-order valence-corrected chi connectivity index (χ0v) is 8.91. The molecule has 2 N–H and O–H groups in total. The standard InChI is InChI=1S/C10H9N3OS/c1-6-4-9(15-13-6)10(14)8-3-2-7(11)5-12-8/h2-5H,11H2,1H3. The molecular weight excluding hydrogens is 210 g/mol. The molecule has 15 heavy (non-hydrogen) atoms. The fraction of sp³-hybridized carbons (Fsp3) is 0.100. The Morgan fingerprint density at radius 3 is 2.80 bits per heavy atom. The summed E-state index contributed by atoms with van der Waals surface area (Å²) in [5, 5.41) is 0. The molecule has 0 bridgehead atoms. The molecule has 0 aromatic carbocycles. The number of carbonyl (C=O) groups is 1. The van der Waals surface area contributed by atoms with Crippen LogP contribution in [0.3, 0.4) is 0 Å². The van der Waals surface area contributed by atoms with Crippen LogP contribution in [0.1, 0.15) is 21.1 Å². The first-order valence-electron chi connectivity index (χ1n) is 4.36. The zero-order chi connectivity index (χ0) is 10.8. The van der Waals surface area contributed by atoms with Crippen LogP contribution in [0.4, 0.5) is 5.69 Å². The van der Waals surface area contributed by atoms with Gasteiger partial charge in [0.15, 0.2) is 0 Å². The number of nitrogens with two attached hydrogens (primary N) is 1. The van der Waals surface area contributed by atoms with Crippen molar-refractivity contribution in [2.75, 3.05) is 5.73 Å². The molecule has 0 radical (unpaired) electrons. The molecule has 76 valence electrons. The number of hydrogen-bond acceptors (Lipinski definition) is 5. The van der Waals surface area contributed by atoms with Gasteiger partial charge in [-0.1, -0.05) is 0 Å². The average Bonchev–Trinajstić information content (AvgIpc) is 2.65. The van der Waals surface area contributed by atoms with Crippen LogP contribution < -0.4 is 5.73 Å². The quantitative estimate of drug-likeness (QED) is 0.780. The lowest BCUT2D eigenvalue weighted by Gasteiger charge is -1.96. The first-order valence-corrected chi connectivity index (χ1v) is 5.14. The average molecular weight is 219 g/mol. The van der Waals surface area contributed by atoms with E-state index in [-0.39, 0.29) is 5.78 Å². The van der Waals surface area contributed by atoms with E-state index < -0.39 is 0 Å². The molecule has 0 fully saturated rings. The maximum absolute atomic E-state index is 11.8. The number of anilines is 1. The second kappa shape index (κ2) is 3.78. The number of aromatic nitrogens is 2. The van der Waals surface area contributed by atoms with Gasteiger partial charge in [-0.25, -0.2) is 0 Å². The lowest BCUT2D eigenvalue weighted by molar-refractivity contribution is 0.103. The predicted molar refractivity (Wildman–Crippen MR) is 58.9 cm³/mol. The summed E-state index contributed by atoms with van der Waals surface area (Å²) in [4.78, 5) is 16.4. The van der Waals surface area contributed by atoms with Crippen molar-refractivity contribution in [3.63, 3.8) is 0 Å². The fourth-order valence-corrected chi connectivity index (χ4v) is 1.84. The number of carbonyl (C=O) groups excluding carboxylic acids is 1. The molecule has 2 heterocycles. The number of pyridine rings is 1.